The van der Waals surface area contributed by atoms with E-state index < -0.39 is 0 Å². The minimum Gasteiger partial charge on any atom is -0.469 e. The van der Waals surface area contributed by atoms with E-state index in [1.54, 1.807) is 4.90 Å². The van der Waals surface area contributed by atoms with Crippen molar-refractivity contribution in [2.45, 2.75) is 6.92 Å². The smallest absolute Gasteiger partial charge is 0.314 e. The highest BCUT2D eigenvalue weighted by Gasteiger charge is 2.24. The van der Waals surface area contributed by atoms with Gasteiger partial charge in [0.2, 0.25) is 0 Å². The van der Waals surface area contributed by atoms with Crippen molar-refractivity contribution in [3.05, 3.63) is 0 Å². The Hall–Kier alpha value is -0.610. The maximum Gasteiger partial charge on any atom is 0.314 e. The summed E-state index contributed by atoms with van der Waals surface area (Å²) in [6.45, 7) is 7.64. The van der Waals surface area contributed by atoms with Gasteiger partial charge in [-0.3, -0.25) is 4.79 Å². The molecular formula is C10H22N2O2+2. The van der Waals surface area contributed by atoms with Gasteiger partial charge in [-0.05, 0) is 6.92 Å². The topological polar surface area (TPSA) is 35.2 Å². The van der Waals surface area contributed by atoms with E-state index in [2.05, 4.69) is 7.05 Å². The number of carbonyl (C=O) groups excluding carboxylic acids is 1. The predicted molar refractivity (Wildman–Crippen MR) is 53.4 cm³/mol. The van der Waals surface area contributed by atoms with Crippen molar-refractivity contribution in [1.82, 2.24) is 0 Å². The molecule has 0 saturated carbocycles. The van der Waals surface area contributed by atoms with Gasteiger partial charge in [0.25, 0.3) is 0 Å². The molecule has 0 aromatic carbocycles. The lowest BCUT2D eigenvalue weighted by Crippen LogP contribution is -3.27. The molecule has 1 aliphatic heterocycles. The first-order valence-electron chi connectivity index (χ1n) is 5.36. The molecule has 0 bridgehead atoms. The predicted octanol–water partition coefficient (Wildman–Crippen LogP) is -2.79. The first-order chi connectivity index (χ1) is 6.63. The fourth-order valence-electron chi connectivity index (χ4n) is 1.95. The van der Waals surface area contributed by atoms with E-state index >= 15 is 0 Å². The largest absolute Gasteiger partial charge is 0.469 e. The SMILES string of the molecule is COC(=O)[C@@H](C)C[NH+]1CC[NH+](C)CC1. The highest BCUT2D eigenvalue weighted by atomic mass is 16.5. The third-order valence-electron chi connectivity index (χ3n) is 3.01. The van der Waals surface area contributed by atoms with E-state index in [9.17, 15) is 4.79 Å². The zero-order chi connectivity index (χ0) is 10.6. The summed E-state index contributed by atoms with van der Waals surface area (Å²) in [6, 6.07) is 0. The number of hydrogen-bond acceptors (Lipinski definition) is 2. The second kappa shape index (κ2) is 5.32. The average Bonchev–Trinajstić information content (AvgIpc) is 2.20. The molecule has 1 atom stereocenters. The fourth-order valence-corrected chi connectivity index (χ4v) is 1.95. The quantitative estimate of drug-likeness (QED) is 0.485. The van der Waals surface area contributed by atoms with Crippen LogP contribution in [0.1, 0.15) is 6.92 Å². The first-order valence-corrected chi connectivity index (χ1v) is 5.36. The molecule has 4 heteroatoms. The van der Waals surface area contributed by atoms with Gasteiger partial charge in [-0.2, -0.15) is 0 Å². The van der Waals surface area contributed by atoms with Crippen LogP contribution in [0, 0.1) is 5.92 Å². The molecule has 0 aliphatic carbocycles. The molecule has 0 radical (unpaired) electrons. The molecule has 82 valence electrons. The maximum atomic E-state index is 11.2. The van der Waals surface area contributed by atoms with Crippen molar-refractivity contribution < 1.29 is 19.3 Å². The lowest BCUT2D eigenvalue weighted by Gasteiger charge is -2.28. The van der Waals surface area contributed by atoms with Gasteiger partial charge in [-0.15, -0.1) is 0 Å². The van der Waals surface area contributed by atoms with Gasteiger partial charge in [-0.1, -0.05) is 0 Å². The second-order valence-corrected chi connectivity index (χ2v) is 4.34. The number of nitrogens with one attached hydrogen (secondary N) is 2. The van der Waals surface area contributed by atoms with E-state index in [1.807, 2.05) is 6.92 Å². The van der Waals surface area contributed by atoms with Crippen LogP contribution in [0.3, 0.4) is 0 Å². The zero-order valence-corrected chi connectivity index (χ0v) is 9.43. The number of quaternary nitrogens is 2. The number of methoxy groups -OCH3 is 1. The summed E-state index contributed by atoms with van der Waals surface area (Å²) in [5, 5.41) is 0. The average molecular weight is 202 g/mol. The Morgan fingerprint density at radius 1 is 1.36 bits per heavy atom. The summed E-state index contributed by atoms with van der Waals surface area (Å²) in [4.78, 5) is 14.3. The molecule has 1 heterocycles. The van der Waals surface area contributed by atoms with E-state index in [0.717, 1.165) is 6.54 Å². The summed E-state index contributed by atoms with van der Waals surface area (Å²) in [5.41, 5.74) is 0. The summed E-state index contributed by atoms with van der Waals surface area (Å²) in [7, 11) is 3.68. The Balaban J connectivity index is 2.27. The number of hydrogen-bond donors (Lipinski definition) is 2. The molecule has 1 fully saturated rings. The normalized spacial score (nSPS) is 29.6. The van der Waals surface area contributed by atoms with Crippen LogP contribution in [-0.4, -0.2) is 52.9 Å². The summed E-state index contributed by atoms with van der Waals surface area (Å²) >= 11 is 0. The molecular weight excluding hydrogens is 180 g/mol. The van der Waals surface area contributed by atoms with Crippen LogP contribution < -0.4 is 9.80 Å². The molecule has 0 unspecified atom stereocenters. The number of carbonyl (C=O) groups is 1. The highest BCUT2D eigenvalue weighted by Crippen LogP contribution is 1.92. The molecule has 0 aromatic heterocycles. The van der Waals surface area contributed by atoms with Gasteiger partial charge in [0.15, 0.2) is 0 Å². The number of likely N-dealkylation sites (N-methyl/N-ethyl adjacent to an activating group) is 1. The van der Waals surface area contributed by atoms with Crippen molar-refractivity contribution in [2.75, 3.05) is 46.9 Å². The van der Waals surface area contributed by atoms with Gasteiger partial charge in [0.05, 0.1) is 20.7 Å². The van der Waals surface area contributed by atoms with Gasteiger partial charge >= 0.3 is 5.97 Å². The van der Waals surface area contributed by atoms with Crippen LogP contribution in [0.25, 0.3) is 0 Å². The van der Waals surface area contributed by atoms with Gasteiger partial charge in [-0.25, -0.2) is 0 Å². The van der Waals surface area contributed by atoms with Crippen molar-refractivity contribution >= 4 is 5.97 Å². The Kier molecular flexibility index (Phi) is 4.35. The van der Waals surface area contributed by atoms with Crippen molar-refractivity contribution in [3.63, 3.8) is 0 Å². The standard InChI is InChI=1S/C10H20N2O2/c1-9(10(13)14-3)8-12-6-4-11(2)5-7-12/h9H,4-8H2,1-3H3/p+2/t9-/m0/s1. The molecule has 14 heavy (non-hydrogen) atoms. The van der Waals surface area contributed by atoms with Crippen LogP contribution in [0.2, 0.25) is 0 Å². The van der Waals surface area contributed by atoms with Crippen molar-refractivity contribution in [2.24, 2.45) is 5.92 Å². The van der Waals surface area contributed by atoms with Crippen LogP contribution in [0.5, 0.6) is 0 Å². The van der Waals surface area contributed by atoms with Crippen LogP contribution in [0.15, 0.2) is 0 Å². The molecule has 1 saturated heterocycles. The van der Waals surface area contributed by atoms with Gasteiger partial charge in [0.1, 0.15) is 32.1 Å². The van der Waals surface area contributed by atoms with E-state index in [-0.39, 0.29) is 11.9 Å². The molecule has 1 aliphatic rings. The molecule has 1 rings (SSSR count). The monoisotopic (exact) mass is 202 g/mol. The minimum atomic E-state index is -0.0798. The Bertz CT molecular complexity index is 189. The number of ether oxygens (including phenoxy) is 1. The van der Waals surface area contributed by atoms with Crippen LogP contribution in [0.4, 0.5) is 0 Å². The second-order valence-electron chi connectivity index (χ2n) is 4.34. The van der Waals surface area contributed by atoms with E-state index in [1.165, 1.54) is 38.2 Å². The number of piperazine rings is 1. The van der Waals surface area contributed by atoms with Crippen molar-refractivity contribution in [1.29, 1.82) is 0 Å². The molecule has 2 N–H and O–H groups in total. The molecule has 0 amide bonds. The molecule has 0 spiro atoms. The number of rotatable bonds is 3. The third-order valence-corrected chi connectivity index (χ3v) is 3.01. The Morgan fingerprint density at radius 2 is 1.93 bits per heavy atom. The lowest BCUT2D eigenvalue weighted by atomic mass is 10.1. The highest BCUT2D eigenvalue weighted by molar-refractivity contribution is 5.71. The molecule has 0 aromatic rings. The first kappa shape index (κ1) is 11.5. The van der Waals surface area contributed by atoms with E-state index in [0.29, 0.717) is 0 Å². The minimum absolute atomic E-state index is 0.0356. The van der Waals surface area contributed by atoms with Crippen LogP contribution >= 0.6 is 0 Å². The zero-order valence-electron chi connectivity index (χ0n) is 9.43. The number of esters is 1. The maximum absolute atomic E-state index is 11.2. The summed E-state index contributed by atoms with van der Waals surface area (Å²) in [5.74, 6) is -0.0443. The van der Waals surface area contributed by atoms with Crippen molar-refractivity contribution in [3.8, 4) is 0 Å². The Labute approximate surface area is 85.8 Å². The Morgan fingerprint density at radius 3 is 2.43 bits per heavy atom. The third kappa shape index (κ3) is 3.27. The lowest BCUT2D eigenvalue weighted by molar-refractivity contribution is -1.00. The fraction of sp³-hybridized carbons (Fsp3) is 0.900. The summed E-state index contributed by atoms with van der Waals surface area (Å²) in [6.07, 6.45) is 0. The van der Waals surface area contributed by atoms with Gasteiger partial charge in [0, 0.05) is 0 Å². The van der Waals surface area contributed by atoms with E-state index in [4.69, 9.17) is 4.74 Å². The summed E-state index contributed by atoms with van der Waals surface area (Å²) < 4.78 is 4.72. The van der Waals surface area contributed by atoms with Crippen LogP contribution in [-0.2, 0) is 9.53 Å². The van der Waals surface area contributed by atoms with Gasteiger partial charge < -0.3 is 14.5 Å². The molecule has 4 nitrogen and oxygen atoms in total.